The van der Waals surface area contributed by atoms with Crippen molar-refractivity contribution in [2.75, 3.05) is 5.32 Å². The van der Waals surface area contributed by atoms with E-state index in [9.17, 15) is 22.4 Å². The Labute approximate surface area is 125 Å². The van der Waals surface area contributed by atoms with Crippen molar-refractivity contribution >= 4 is 27.5 Å². The number of anilines is 1. The molecule has 0 unspecified atom stereocenters. The average molecular weight is 363 g/mol. The summed E-state index contributed by atoms with van der Waals surface area (Å²) in [6.07, 6.45) is -1.89. The Hall–Kier alpha value is -1.96. The summed E-state index contributed by atoms with van der Waals surface area (Å²) in [6.45, 7) is 0. The summed E-state index contributed by atoms with van der Waals surface area (Å²) in [6, 6.07) is 3.08. The third-order valence-corrected chi connectivity index (χ3v) is 3.19. The van der Waals surface area contributed by atoms with Gasteiger partial charge in [-0.2, -0.15) is 13.2 Å². The van der Waals surface area contributed by atoms with E-state index >= 15 is 0 Å². The van der Waals surface area contributed by atoms with Crippen LogP contribution in [0.2, 0.25) is 0 Å². The highest BCUT2D eigenvalue weighted by Crippen LogP contribution is 2.30. The maximum Gasteiger partial charge on any atom is 0.416 e. The molecule has 1 heterocycles. The van der Waals surface area contributed by atoms with Crippen LogP contribution in [0.4, 0.5) is 23.2 Å². The molecular weight excluding hydrogens is 356 g/mol. The van der Waals surface area contributed by atoms with Gasteiger partial charge < -0.3 is 5.32 Å². The van der Waals surface area contributed by atoms with E-state index in [-0.39, 0.29) is 5.69 Å². The summed E-state index contributed by atoms with van der Waals surface area (Å²) in [5, 5.41) is 2.31. The second-order valence-electron chi connectivity index (χ2n) is 4.00. The number of halogens is 5. The van der Waals surface area contributed by atoms with Crippen molar-refractivity contribution in [2.24, 2.45) is 0 Å². The smallest absolute Gasteiger partial charge is 0.321 e. The van der Waals surface area contributed by atoms with Crippen molar-refractivity contribution < 1.29 is 22.4 Å². The van der Waals surface area contributed by atoms with Crippen LogP contribution in [-0.4, -0.2) is 10.9 Å². The minimum Gasteiger partial charge on any atom is -0.321 e. The number of carbonyl (C=O) groups excluding carboxylic acids is 1. The molecule has 1 aromatic heterocycles. The van der Waals surface area contributed by atoms with Crippen molar-refractivity contribution in [3.63, 3.8) is 0 Å². The van der Waals surface area contributed by atoms with Gasteiger partial charge in [-0.15, -0.1) is 0 Å². The molecule has 0 aliphatic rings. The van der Waals surface area contributed by atoms with Gasteiger partial charge in [0.25, 0.3) is 5.91 Å². The van der Waals surface area contributed by atoms with Crippen LogP contribution in [0.5, 0.6) is 0 Å². The molecule has 21 heavy (non-hydrogen) atoms. The Bertz CT molecular complexity index is 688. The van der Waals surface area contributed by atoms with Crippen LogP contribution in [0.25, 0.3) is 0 Å². The Kier molecular flexibility index (Phi) is 4.26. The molecule has 110 valence electrons. The van der Waals surface area contributed by atoms with E-state index in [0.717, 1.165) is 0 Å². The number of aromatic nitrogens is 1. The third-order valence-electron chi connectivity index (χ3n) is 2.56. The van der Waals surface area contributed by atoms with Gasteiger partial charge in [0.1, 0.15) is 5.82 Å². The van der Waals surface area contributed by atoms with Gasteiger partial charge in [-0.05, 0) is 40.2 Å². The first-order valence-electron chi connectivity index (χ1n) is 5.56. The molecule has 0 bridgehead atoms. The molecule has 0 saturated heterocycles. The molecule has 2 rings (SSSR count). The third kappa shape index (κ3) is 3.57. The van der Waals surface area contributed by atoms with Crippen molar-refractivity contribution in [1.82, 2.24) is 4.98 Å². The number of pyridine rings is 1. The molecule has 0 spiro atoms. The van der Waals surface area contributed by atoms with Gasteiger partial charge in [0.15, 0.2) is 0 Å². The molecule has 1 N–H and O–H groups in total. The number of nitrogens with zero attached hydrogens (tertiary/aromatic N) is 1. The molecule has 0 radical (unpaired) electrons. The number of carbonyl (C=O) groups is 1. The Morgan fingerprint density at radius 3 is 2.57 bits per heavy atom. The van der Waals surface area contributed by atoms with E-state index in [0.29, 0.717) is 22.7 Å². The lowest BCUT2D eigenvalue weighted by Gasteiger charge is -2.11. The number of alkyl halides is 3. The number of rotatable bonds is 2. The predicted molar refractivity (Wildman–Crippen MR) is 71.3 cm³/mol. The van der Waals surface area contributed by atoms with Crippen LogP contribution in [0.15, 0.2) is 41.1 Å². The minimum atomic E-state index is -4.65. The lowest BCUT2D eigenvalue weighted by Crippen LogP contribution is -2.16. The molecule has 1 aromatic carbocycles. The Morgan fingerprint density at radius 2 is 1.95 bits per heavy atom. The lowest BCUT2D eigenvalue weighted by atomic mass is 10.1. The summed E-state index contributed by atoms with van der Waals surface area (Å²) in [5.41, 5.74) is -1.51. The van der Waals surface area contributed by atoms with Crippen LogP contribution in [0.1, 0.15) is 15.9 Å². The first-order chi connectivity index (χ1) is 9.79. The van der Waals surface area contributed by atoms with Crippen molar-refractivity contribution in [2.45, 2.75) is 6.18 Å². The highest BCUT2D eigenvalue weighted by atomic mass is 79.9. The molecule has 0 atom stereocenters. The summed E-state index contributed by atoms with van der Waals surface area (Å²) in [4.78, 5) is 15.7. The first kappa shape index (κ1) is 15.4. The van der Waals surface area contributed by atoms with Gasteiger partial charge in [-0.25, -0.2) is 4.39 Å². The molecule has 1 amide bonds. The molecule has 2 aromatic rings. The first-order valence-corrected chi connectivity index (χ1v) is 6.36. The highest BCUT2D eigenvalue weighted by Gasteiger charge is 2.32. The second kappa shape index (κ2) is 5.80. The highest BCUT2D eigenvalue weighted by molar-refractivity contribution is 9.10. The maximum absolute atomic E-state index is 13.6. The minimum absolute atomic E-state index is 0.270. The van der Waals surface area contributed by atoms with Crippen LogP contribution in [0.3, 0.4) is 0 Å². The topological polar surface area (TPSA) is 42.0 Å². The fourth-order valence-electron chi connectivity index (χ4n) is 1.54. The molecular formula is C13H7BrF4N2O. The van der Waals surface area contributed by atoms with Crippen LogP contribution in [-0.2, 0) is 6.18 Å². The number of amides is 1. The van der Waals surface area contributed by atoms with E-state index in [2.05, 4.69) is 26.2 Å². The quantitative estimate of drug-likeness (QED) is 0.811. The fourth-order valence-corrected chi connectivity index (χ4v) is 1.89. The van der Waals surface area contributed by atoms with E-state index in [1.807, 2.05) is 0 Å². The van der Waals surface area contributed by atoms with Gasteiger partial charge in [0.2, 0.25) is 0 Å². The van der Waals surface area contributed by atoms with Gasteiger partial charge in [0.05, 0.1) is 21.3 Å². The average Bonchev–Trinajstić information content (AvgIpc) is 2.40. The fraction of sp³-hybridized carbons (Fsp3) is 0.0769. The Balaban J connectivity index is 2.33. The van der Waals surface area contributed by atoms with Gasteiger partial charge in [0, 0.05) is 12.4 Å². The van der Waals surface area contributed by atoms with Gasteiger partial charge in [-0.1, -0.05) is 0 Å². The molecule has 0 saturated carbocycles. The summed E-state index contributed by atoms with van der Waals surface area (Å²) in [5.74, 6) is -2.02. The summed E-state index contributed by atoms with van der Waals surface area (Å²) >= 11 is 3.11. The largest absolute Gasteiger partial charge is 0.416 e. The number of hydrogen-bond donors (Lipinski definition) is 1. The maximum atomic E-state index is 13.6. The number of benzene rings is 1. The number of hydrogen-bond acceptors (Lipinski definition) is 2. The number of nitrogens with one attached hydrogen (secondary N) is 1. The van der Waals surface area contributed by atoms with Crippen molar-refractivity contribution in [3.8, 4) is 0 Å². The molecule has 8 heteroatoms. The molecule has 0 aliphatic carbocycles. The monoisotopic (exact) mass is 362 g/mol. The zero-order valence-electron chi connectivity index (χ0n) is 10.2. The molecule has 0 fully saturated rings. The standard InChI is InChI=1S/C13H7BrF4N2O/c14-9-6-19-4-3-11(9)20-12(21)8-5-7(13(16,17)18)1-2-10(8)15/h1-6H,(H,19,20,21). The van der Waals surface area contributed by atoms with Crippen LogP contribution < -0.4 is 5.32 Å². The molecule has 0 aliphatic heterocycles. The zero-order valence-corrected chi connectivity index (χ0v) is 11.8. The van der Waals surface area contributed by atoms with E-state index < -0.39 is 29.0 Å². The summed E-state index contributed by atoms with van der Waals surface area (Å²) in [7, 11) is 0. The van der Waals surface area contributed by atoms with Crippen LogP contribution >= 0.6 is 15.9 Å². The van der Waals surface area contributed by atoms with Gasteiger partial charge >= 0.3 is 6.18 Å². The van der Waals surface area contributed by atoms with E-state index in [1.54, 1.807) is 0 Å². The SMILES string of the molecule is O=C(Nc1ccncc1Br)c1cc(C(F)(F)F)ccc1F. The Morgan fingerprint density at radius 1 is 1.24 bits per heavy atom. The molecule has 3 nitrogen and oxygen atoms in total. The second-order valence-corrected chi connectivity index (χ2v) is 4.86. The van der Waals surface area contributed by atoms with E-state index in [4.69, 9.17) is 0 Å². The normalized spacial score (nSPS) is 11.3. The zero-order chi connectivity index (χ0) is 15.6. The predicted octanol–water partition coefficient (Wildman–Crippen LogP) is 4.25. The summed E-state index contributed by atoms with van der Waals surface area (Å²) < 4.78 is 51.7. The van der Waals surface area contributed by atoms with Gasteiger partial charge in [-0.3, -0.25) is 9.78 Å². The van der Waals surface area contributed by atoms with Crippen molar-refractivity contribution in [3.05, 3.63) is 58.1 Å². The van der Waals surface area contributed by atoms with Crippen molar-refractivity contribution in [1.29, 1.82) is 0 Å². The van der Waals surface area contributed by atoms with Crippen LogP contribution in [0, 0.1) is 5.82 Å². The lowest BCUT2D eigenvalue weighted by molar-refractivity contribution is -0.137. The van der Waals surface area contributed by atoms with E-state index in [1.165, 1.54) is 18.5 Å².